The Morgan fingerprint density at radius 2 is 1.09 bits per heavy atom. The summed E-state index contributed by atoms with van der Waals surface area (Å²) in [6.45, 7) is 2.22. The molecular weight excluding hydrogens is 396 g/mol. The third-order valence-corrected chi connectivity index (χ3v) is 6.17. The van der Waals surface area contributed by atoms with Gasteiger partial charge in [0.05, 0.1) is 14.2 Å². The first-order valence-electron chi connectivity index (χ1n) is 12.3. The van der Waals surface area contributed by atoms with Gasteiger partial charge in [0.15, 0.2) is 0 Å². The summed E-state index contributed by atoms with van der Waals surface area (Å²) in [4.78, 5) is 0. The van der Waals surface area contributed by atoms with Crippen LogP contribution >= 0.6 is 0 Å². The van der Waals surface area contributed by atoms with Gasteiger partial charge in [-0.2, -0.15) is 0 Å². The molecule has 2 rings (SSSR count). The van der Waals surface area contributed by atoms with E-state index in [-0.39, 0.29) is 0 Å². The van der Waals surface area contributed by atoms with Crippen LogP contribution in [-0.2, 0) is 5.60 Å². The van der Waals surface area contributed by atoms with Gasteiger partial charge in [-0.05, 0) is 67.5 Å². The van der Waals surface area contributed by atoms with Crippen molar-refractivity contribution in [1.82, 2.24) is 0 Å². The lowest BCUT2D eigenvalue weighted by atomic mass is 9.82. The van der Waals surface area contributed by atoms with E-state index in [1.54, 1.807) is 14.2 Å². The van der Waals surface area contributed by atoms with E-state index >= 15 is 0 Å². The Morgan fingerprint density at radius 1 is 0.656 bits per heavy atom. The first kappa shape index (κ1) is 26.0. The van der Waals surface area contributed by atoms with Gasteiger partial charge >= 0.3 is 0 Å². The largest absolute Gasteiger partial charge is 0.497 e. The number of allylic oxidation sites excluding steroid dienone is 2. The van der Waals surface area contributed by atoms with Gasteiger partial charge in [0.25, 0.3) is 0 Å². The van der Waals surface area contributed by atoms with Gasteiger partial charge in [-0.25, -0.2) is 0 Å². The van der Waals surface area contributed by atoms with Crippen molar-refractivity contribution in [2.24, 2.45) is 0 Å². The number of ether oxygens (including phenoxy) is 2. The molecule has 1 N–H and O–H groups in total. The zero-order valence-corrected chi connectivity index (χ0v) is 20.3. The lowest BCUT2D eigenvalue weighted by Gasteiger charge is -2.30. The van der Waals surface area contributed by atoms with Crippen LogP contribution in [0.15, 0.2) is 60.7 Å². The molecule has 0 unspecified atom stereocenters. The first-order chi connectivity index (χ1) is 15.6. The maximum atomic E-state index is 11.8. The van der Waals surface area contributed by atoms with Crippen molar-refractivity contribution < 1.29 is 14.6 Å². The Labute approximate surface area is 195 Å². The molecule has 176 valence electrons. The van der Waals surface area contributed by atoms with Crippen LogP contribution < -0.4 is 9.47 Å². The molecule has 0 saturated carbocycles. The molecule has 0 aliphatic heterocycles. The van der Waals surface area contributed by atoms with Crippen molar-refractivity contribution in [2.75, 3.05) is 14.2 Å². The quantitative estimate of drug-likeness (QED) is 0.214. The number of hydrogen-bond donors (Lipinski definition) is 1. The van der Waals surface area contributed by atoms with Gasteiger partial charge in [0.2, 0.25) is 0 Å². The predicted octanol–water partition coefficient (Wildman–Crippen LogP) is 7.81. The van der Waals surface area contributed by atoms with Gasteiger partial charge < -0.3 is 14.6 Å². The van der Waals surface area contributed by atoms with E-state index in [0.717, 1.165) is 35.5 Å². The summed E-state index contributed by atoms with van der Waals surface area (Å²) in [5, 5.41) is 11.8. The van der Waals surface area contributed by atoms with E-state index in [1.807, 2.05) is 48.5 Å². The lowest BCUT2D eigenvalue weighted by Crippen LogP contribution is -2.27. The molecule has 2 aromatic rings. The van der Waals surface area contributed by atoms with Crippen LogP contribution in [0.1, 0.15) is 88.7 Å². The van der Waals surface area contributed by atoms with Crippen LogP contribution in [0.2, 0.25) is 0 Å². The Morgan fingerprint density at radius 3 is 1.56 bits per heavy atom. The number of benzene rings is 2. The number of aliphatic hydroxyl groups is 1. The van der Waals surface area contributed by atoms with E-state index in [4.69, 9.17) is 9.47 Å². The van der Waals surface area contributed by atoms with Crippen molar-refractivity contribution >= 4 is 0 Å². The Balaban J connectivity index is 1.85. The smallest absolute Gasteiger partial charge is 0.118 e. The summed E-state index contributed by atoms with van der Waals surface area (Å²) < 4.78 is 10.6. The monoisotopic (exact) mass is 438 g/mol. The van der Waals surface area contributed by atoms with Gasteiger partial charge in [0, 0.05) is 0 Å². The van der Waals surface area contributed by atoms with Crippen molar-refractivity contribution in [3.63, 3.8) is 0 Å². The predicted molar refractivity (Wildman–Crippen MR) is 135 cm³/mol. The van der Waals surface area contributed by atoms with Crippen molar-refractivity contribution in [2.45, 2.75) is 83.2 Å². The minimum absolute atomic E-state index is 0.702. The molecule has 0 saturated heterocycles. The topological polar surface area (TPSA) is 38.7 Å². The molecule has 0 aliphatic rings. The molecule has 0 amide bonds. The van der Waals surface area contributed by atoms with Gasteiger partial charge in [0.1, 0.15) is 17.1 Å². The average molecular weight is 439 g/mol. The summed E-state index contributed by atoms with van der Waals surface area (Å²) in [7, 11) is 3.32. The second-order valence-corrected chi connectivity index (χ2v) is 8.59. The second-order valence-electron chi connectivity index (χ2n) is 8.59. The fraction of sp³-hybridized carbons (Fsp3) is 0.517. The van der Waals surface area contributed by atoms with Crippen molar-refractivity contribution in [1.29, 1.82) is 0 Å². The Bertz CT molecular complexity index is 714. The van der Waals surface area contributed by atoms with Crippen LogP contribution in [0.5, 0.6) is 11.5 Å². The molecule has 0 radical (unpaired) electrons. The summed E-state index contributed by atoms with van der Waals surface area (Å²) >= 11 is 0. The van der Waals surface area contributed by atoms with E-state index < -0.39 is 5.60 Å². The highest BCUT2D eigenvalue weighted by molar-refractivity contribution is 5.40. The average Bonchev–Trinajstić information content (AvgIpc) is 2.84. The van der Waals surface area contributed by atoms with E-state index in [0.29, 0.717) is 6.42 Å². The molecule has 0 bridgehead atoms. The highest BCUT2D eigenvalue weighted by Gasteiger charge is 2.31. The van der Waals surface area contributed by atoms with E-state index in [2.05, 4.69) is 19.1 Å². The van der Waals surface area contributed by atoms with Crippen LogP contribution in [0.4, 0.5) is 0 Å². The standard InChI is InChI=1S/C29H42O3/c1-4-5-6-7-8-9-10-11-12-13-14-15-24-29(30,25-16-20-27(31-2)21-17-25)26-18-22-28(32-3)23-19-26/h6-7,16-23,30H,4-5,8-15,24H2,1-3H3/b7-6+. The zero-order chi connectivity index (χ0) is 23.1. The normalized spacial score (nSPS) is 11.8. The van der Waals surface area contributed by atoms with Crippen molar-refractivity contribution in [3.8, 4) is 11.5 Å². The lowest BCUT2D eigenvalue weighted by molar-refractivity contribution is 0.0677. The van der Waals surface area contributed by atoms with Crippen LogP contribution in [0, 0.1) is 0 Å². The minimum Gasteiger partial charge on any atom is -0.497 e. The van der Waals surface area contributed by atoms with Crippen LogP contribution in [0.25, 0.3) is 0 Å². The van der Waals surface area contributed by atoms with E-state index in [9.17, 15) is 5.11 Å². The van der Waals surface area contributed by atoms with Crippen LogP contribution in [0.3, 0.4) is 0 Å². The molecule has 2 aromatic carbocycles. The molecule has 0 aliphatic carbocycles. The highest BCUT2D eigenvalue weighted by atomic mass is 16.5. The second kappa shape index (κ2) is 14.7. The van der Waals surface area contributed by atoms with Gasteiger partial charge in [-0.1, -0.05) is 81.9 Å². The molecule has 3 heteroatoms. The van der Waals surface area contributed by atoms with E-state index in [1.165, 1.54) is 51.4 Å². The number of hydrogen-bond acceptors (Lipinski definition) is 3. The molecule has 0 fully saturated rings. The summed E-state index contributed by atoms with van der Waals surface area (Å²) in [6, 6.07) is 15.6. The van der Waals surface area contributed by atoms with Crippen LogP contribution in [-0.4, -0.2) is 19.3 Å². The van der Waals surface area contributed by atoms with Crippen molar-refractivity contribution in [3.05, 3.63) is 71.8 Å². The highest BCUT2D eigenvalue weighted by Crippen LogP contribution is 2.36. The molecule has 0 spiro atoms. The first-order valence-corrected chi connectivity index (χ1v) is 12.3. The molecule has 3 nitrogen and oxygen atoms in total. The summed E-state index contributed by atoms with van der Waals surface area (Å²) in [5.41, 5.74) is 0.794. The summed E-state index contributed by atoms with van der Waals surface area (Å²) in [5.74, 6) is 1.60. The Hall–Kier alpha value is -2.26. The number of methoxy groups -OCH3 is 2. The molecule has 0 atom stereocenters. The maximum absolute atomic E-state index is 11.8. The van der Waals surface area contributed by atoms with Gasteiger partial charge in [-0.15, -0.1) is 0 Å². The molecular formula is C29H42O3. The SMILES string of the molecule is CCC/C=C/CCCCCCCCCC(O)(c1ccc(OC)cc1)c1ccc(OC)cc1. The number of rotatable bonds is 16. The Kier molecular flexibility index (Phi) is 12.0. The minimum atomic E-state index is -1.01. The molecule has 32 heavy (non-hydrogen) atoms. The number of unbranched alkanes of at least 4 members (excludes halogenated alkanes) is 8. The fourth-order valence-electron chi connectivity index (χ4n) is 4.12. The fourth-order valence-corrected chi connectivity index (χ4v) is 4.12. The molecule has 0 aromatic heterocycles. The van der Waals surface area contributed by atoms with Gasteiger partial charge in [-0.3, -0.25) is 0 Å². The maximum Gasteiger partial charge on any atom is 0.118 e. The zero-order valence-electron chi connectivity index (χ0n) is 20.3. The third-order valence-electron chi connectivity index (χ3n) is 6.17. The molecule has 0 heterocycles. The summed E-state index contributed by atoms with van der Waals surface area (Å²) in [6.07, 6.45) is 17.6. The third kappa shape index (κ3) is 8.35.